The molecule has 2 aromatic rings. The van der Waals surface area contributed by atoms with Crippen LogP contribution >= 0.6 is 23.9 Å². The molecule has 4 N–H and O–H groups in total. The fraction of sp³-hybridized carbons (Fsp3) is 0.278. The van der Waals surface area contributed by atoms with Gasteiger partial charge in [-0.05, 0) is 36.5 Å². The van der Waals surface area contributed by atoms with Crippen molar-refractivity contribution in [2.24, 2.45) is 10.1 Å². The van der Waals surface area contributed by atoms with Crippen molar-refractivity contribution >= 4 is 29.7 Å². The zero-order chi connectivity index (χ0) is 17.0. The van der Waals surface area contributed by atoms with Gasteiger partial charge in [-0.2, -0.15) is 0 Å². The molecule has 0 spiro atoms. The molecule has 2 rings (SSSR count). The van der Waals surface area contributed by atoms with Gasteiger partial charge < -0.3 is 10.0 Å². The molecule has 0 radical (unpaired) electrons. The average molecular weight is 361 g/mol. The van der Waals surface area contributed by atoms with Crippen LogP contribution in [0.5, 0.6) is 0 Å². The molecular formula is C18H24N4S2. The lowest BCUT2D eigenvalue weighted by atomic mass is 10.2. The maximum atomic E-state index is 5.68. The van der Waals surface area contributed by atoms with E-state index < -0.39 is 0 Å². The number of nitrogens with zero attached hydrogens (tertiary/aromatic N) is 1. The van der Waals surface area contributed by atoms with Crippen LogP contribution in [-0.4, -0.2) is 25.2 Å². The molecule has 0 saturated heterocycles. The number of hydrogen-bond donors (Lipinski definition) is 3. The van der Waals surface area contributed by atoms with E-state index in [1.54, 1.807) is 11.9 Å². The smallest absolute Gasteiger partial charge is 0.138 e. The van der Waals surface area contributed by atoms with E-state index in [1.807, 2.05) is 42.7 Å². The first-order valence-corrected chi connectivity index (χ1v) is 10.00. The average Bonchev–Trinajstić information content (AvgIpc) is 2.64. The van der Waals surface area contributed by atoms with E-state index in [0.29, 0.717) is 0 Å². The Hall–Kier alpha value is -1.47. The van der Waals surface area contributed by atoms with Crippen LogP contribution in [-0.2, 0) is 6.54 Å². The second-order valence-corrected chi connectivity index (χ2v) is 6.45. The Bertz CT molecular complexity index is 632. The minimum absolute atomic E-state index is 0.790. The number of amidine groups is 1. The van der Waals surface area contributed by atoms with Crippen LogP contribution in [0.3, 0.4) is 0 Å². The Morgan fingerprint density at radius 3 is 2.58 bits per heavy atom. The lowest BCUT2D eigenvalue weighted by Gasteiger charge is -2.09. The molecule has 24 heavy (non-hydrogen) atoms. The SMILES string of the molecule is CSNC(=NCCCNCc1ccccc1SN)c1ccccc1. The maximum Gasteiger partial charge on any atom is 0.138 e. The summed E-state index contributed by atoms with van der Waals surface area (Å²) in [6, 6.07) is 18.4. The highest BCUT2D eigenvalue weighted by molar-refractivity contribution is 7.97. The van der Waals surface area contributed by atoms with Crippen LogP contribution in [0.25, 0.3) is 0 Å². The van der Waals surface area contributed by atoms with Crippen LogP contribution in [0, 0.1) is 0 Å². The highest BCUT2D eigenvalue weighted by Gasteiger charge is 2.02. The summed E-state index contributed by atoms with van der Waals surface area (Å²) in [6.07, 6.45) is 3.00. The Kier molecular flexibility index (Phi) is 8.76. The van der Waals surface area contributed by atoms with Crippen molar-refractivity contribution in [2.75, 3.05) is 19.3 Å². The molecule has 0 aliphatic carbocycles. The van der Waals surface area contributed by atoms with Gasteiger partial charge in [-0.15, -0.1) is 0 Å². The molecule has 6 heteroatoms. The Morgan fingerprint density at radius 1 is 1.08 bits per heavy atom. The Labute approximate surface area is 153 Å². The van der Waals surface area contributed by atoms with Gasteiger partial charge in [0.25, 0.3) is 0 Å². The molecule has 128 valence electrons. The molecule has 4 nitrogen and oxygen atoms in total. The van der Waals surface area contributed by atoms with E-state index >= 15 is 0 Å². The summed E-state index contributed by atoms with van der Waals surface area (Å²) in [5, 5.41) is 9.14. The molecule has 0 heterocycles. The minimum atomic E-state index is 0.790. The monoisotopic (exact) mass is 360 g/mol. The lowest BCUT2D eigenvalue weighted by molar-refractivity contribution is 0.650. The van der Waals surface area contributed by atoms with Gasteiger partial charge in [-0.1, -0.05) is 60.5 Å². The Morgan fingerprint density at radius 2 is 1.83 bits per heavy atom. The summed E-state index contributed by atoms with van der Waals surface area (Å²) < 4.78 is 3.26. The number of nitrogens with two attached hydrogens (primary N) is 1. The molecule has 0 aliphatic heterocycles. The maximum absolute atomic E-state index is 5.68. The van der Waals surface area contributed by atoms with Gasteiger partial charge in [0.05, 0.1) is 0 Å². The first-order chi connectivity index (χ1) is 11.8. The third kappa shape index (κ3) is 6.20. The van der Waals surface area contributed by atoms with Gasteiger partial charge in [0.2, 0.25) is 0 Å². The van der Waals surface area contributed by atoms with Crippen molar-refractivity contribution in [3.8, 4) is 0 Å². The molecule has 0 fully saturated rings. The summed E-state index contributed by atoms with van der Waals surface area (Å²) in [4.78, 5) is 5.81. The van der Waals surface area contributed by atoms with Gasteiger partial charge in [-0.25, -0.2) is 0 Å². The quantitative estimate of drug-likeness (QED) is 0.277. The molecule has 0 atom stereocenters. The van der Waals surface area contributed by atoms with Gasteiger partial charge in [0, 0.05) is 29.8 Å². The zero-order valence-electron chi connectivity index (χ0n) is 13.9. The predicted molar refractivity (Wildman–Crippen MR) is 107 cm³/mol. The van der Waals surface area contributed by atoms with Gasteiger partial charge >= 0.3 is 0 Å². The second-order valence-electron chi connectivity index (χ2n) is 5.16. The molecule has 0 bridgehead atoms. The highest BCUT2D eigenvalue weighted by Crippen LogP contribution is 2.17. The van der Waals surface area contributed by atoms with Crippen LogP contribution in [0.1, 0.15) is 17.5 Å². The van der Waals surface area contributed by atoms with Crippen LogP contribution < -0.4 is 15.2 Å². The topological polar surface area (TPSA) is 62.4 Å². The van der Waals surface area contributed by atoms with Crippen LogP contribution in [0.15, 0.2) is 64.5 Å². The molecule has 0 saturated carbocycles. The third-order valence-corrected chi connectivity index (χ3v) is 4.49. The fourth-order valence-corrected chi connectivity index (χ4v) is 3.08. The van der Waals surface area contributed by atoms with E-state index in [0.717, 1.165) is 42.3 Å². The summed E-state index contributed by atoms with van der Waals surface area (Å²) >= 11 is 2.86. The van der Waals surface area contributed by atoms with Crippen LogP contribution in [0.2, 0.25) is 0 Å². The Balaban J connectivity index is 1.76. The lowest BCUT2D eigenvalue weighted by Crippen LogP contribution is -2.19. The summed E-state index contributed by atoms with van der Waals surface area (Å²) in [7, 11) is 0. The normalized spacial score (nSPS) is 11.5. The first kappa shape index (κ1) is 18.9. The van der Waals surface area contributed by atoms with Gasteiger partial charge in [0.1, 0.15) is 5.84 Å². The van der Waals surface area contributed by atoms with Crippen molar-refractivity contribution in [3.05, 3.63) is 65.7 Å². The highest BCUT2D eigenvalue weighted by atomic mass is 32.2. The van der Waals surface area contributed by atoms with E-state index in [1.165, 1.54) is 17.5 Å². The van der Waals surface area contributed by atoms with Gasteiger partial charge in [-0.3, -0.25) is 10.1 Å². The van der Waals surface area contributed by atoms with Crippen molar-refractivity contribution in [1.82, 2.24) is 10.0 Å². The molecule has 0 aromatic heterocycles. The summed E-state index contributed by atoms with van der Waals surface area (Å²) in [5.74, 6) is 0.938. The van der Waals surface area contributed by atoms with Gasteiger partial charge in [0.15, 0.2) is 0 Å². The molecule has 2 aromatic carbocycles. The number of benzene rings is 2. The number of rotatable bonds is 9. The van der Waals surface area contributed by atoms with Crippen molar-refractivity contribution < 1.29 is 0 Å². The minimum Gasteiger partial charge on any atom is -0.314 e. The zero-order valence-corrected chi connectivity index (χ0v) is 15.5. The van der Waals surface area contributed by atoms with E-state index in [2.05, 4.69) is 33.2 Å². The predicted octanol–water partition coefficient (Wildman–Crippen LogP) is 3.45. The third-order valence-electron chi connectivity index (χ3n) is 3.44. The molecule has 0 amide bonds. The number of hydrogen-bond acceptors (Lipinski definition) is 5. The van der Waals surface area contributed by atoms with E-state index in [9.17, 15) is 0 Å². The van der Waals surface area contributed by atoms with Crippen molar-refractivity contribution in [3.63, 3.8) is 0 Å². The standard InChI is InChI=1S/C18H24N4S2/c1-23-22-18(15-8-3-2-4-9-15)21-13-7-12-20-14-16-10-5-6-11-17(16)24-19/h2-6,8-11,20H,7,12-14,19H2,1H3,(H,21,22). The molecule has 0 aliphatic rings. The van der Waals surface area contributed by atoms with Crippen molar-refractivity contribution in [2.45, 2.75) is 17.9 Å². The number of aliphatic imine (C=N–C) groups is 1. The largest absolute Gasteiger partial charge is 0.314 e. The summed E-state index contributed by atoms with van der Waals surface area (Å²) in [5.41, 5.74) is 2.36. The molecule has 0 unspecified atom stereocenters. The second kappa shape index (κ2) is 11.1. The van der Waals surface area contributed by atoms with E-state index in [-0.39, 0.29) is 0 Å². The van der Waals surface area contributed by atoms with Crippen LogP contribution in [0.4, 0.5) is 0 Å². The van der Waals surface area contributed by atoms with Crippen molar-refractivity contribution in [1.29, 1.82) is 0 Å². The molecular weight excluding hydrogens is 336 g/mol. The first-order valence-electron chi connectivity index (χ1n) is 7.89. The number of nitrogens with one attached hydrogen (secondary N) is 2. The summed E-state index contributed by atoms with van der Waals surface area (Å²) in [6.45, 7) is 2.55. The fourth-order valence-electron chi connectivity index (χ4n) is 2.26. The van der Waals surface area contributed by atoms with E-state index in [4.69, 9.17) is 5.14 Å².